The maximum Gasteiger partial charge on any atom is 0.158 e. The van der Waals surface area contributed by atoms with Crippen molar-refractivity contribution in [3.63, 3.8) is 0 Å². The molecule has 244 valence electrons. The molecule has 0 aromatic carbocycles. The normalized spacial score (nSPS) is 31.0. The molecule has 4 heteroatoms. The van der Waals surface area contributed by atoms with Crippen LogP contribution >= 0.6 is 0 Å². The van der Waals surface area contributed by atoms with Gasteiger partial charge < -0.3 is 14.6 Å². The van der Waals surface area contributed by atoms with Crippen LogP contribution in [0.2, 0.25) is 0 Å². The van der Waals surface area contributed by atoms with Gasteiger partial charge in [0.05, 0.1) is 12.2 Å². The topological polar surface area (TPSA) is 59.1 Å². The molecule has 0 bridgehead atoms. The molecule has 0 aromatic rings. The standard InChI is InChI=1S/C41H56O4/c1-29(18-14-20-31(3)22-23-35-37(33(5)42)36(44-11)28-38(35,6)7)16-12-13-17-30(2)19-15-21-32(4)24-25-41-39(8,9)26-34(43)27-40(41,10)45-41/h12-25,34,36,43H,26-28H2,1-11H3. The second-order valence-electron chi connectivity index (χ2n) is 14.6. The summed E-state index contributed by atoms with van der Waals surface area (Å²) in [6.45, 7) is 20.8. The van der Waals surface area contributed by atoms with Crippen LogP contribution in [0.25, 0.3) is 0 Å². The molecule has 2 aliphatic carbocycles. The van der Waals surface area contributed by atoms with Gasteiger partial charge in [0.1, 0.15) is 11.2 Å². The molecule has 2 fully saturated rings. The SMILES string of the molecule is COC1CC(C)(C)C(C=CC(C)=CC=CC(C)=CC=CC=C(C)C=CC=C(C)C=CC23OC2(C)CC(O)CC3(C)C)=C1C(C)=O. The Hall–Kier alpha value is -3.05. The van der Waals surface area contributed by atoms with Crippen molar-refractivity contribution >= 4 is 5.78 Å². The first-order valence-corrected chi connectivity index (χ1v) is 16.2. The van der Waals surface area contributed by atoms with Crippen molar-refractivity contribution in [3.05, 3.63) is 119 Å². The predicted octanol–water partition coefficient (Wildman–Crippen LogP) is 9.59. The molecular weight excluding hydrogens is 556 g/mol. The quantitative estimate of drug-likeness (QED) is 0.176. The molecule has 0 spiro atoms. The van der Waals surface area contributed by atoms with Crippen LogP contribution in [0.3, 0.4) is 0 Å². The Labute approximate surface area is 273 Å². The molecule has 3 rings (SSSR count). The molecule has 1 aliphatic heterocycles. The van der Waals surface area contributed by atoms with Crippen LogP contribution in [0.15, 0.2) is 119 Å². The lowest BCUT2D eigenvalue weighted by Crippen LogP contribution is -2.46. The molecule has 4 unspecified atom stereocenters. The van der Waals surface area contributed by atoms with Crippen LogP contribution in [-0.2, 0) is 14.3 Å². The highest BCUT2D eigenvalue weighted by atomic mass is 16.6. The highest BCUT2D eigenvalue weighted by Gasteiger charge is 2.74. The van der Waals surface area contributed by atoms with Crippen molar-refractivity contribution in [2.24, 2.45) is 10.8 Å². The Bertz CT molecular complexity index is 1430. The minimum atomic E-state index is -0.299. The van der Waals surface area contributed by atoms with E-state index in [1.165, 1.54) is 0 Å². The number of allylic oxidation sites excluding steroid dienone is 18. The minimum absolute atomic E-state index is 0.0850. The van der Waals surface area contributed by atoms with Gasteiger partial charge in [-0.3, -0.25) is 4.79 Å². The summed E-state index contributed by atoms with van der Waals surface area (Å²) in [5, 5.41) is 10.3. The molecular formula is C41H56O4. The van der Waals surface area contributed by atoms with Crippen LogP contribution in [0.5, 0.6) is 0 Å². The van der Waals surface area contributed by atoms with E-state index in [-0.39, 0.29) is 40.0 Å². The summed E-state index contributed by atoms with van der Waals surface area (Å²) in [5.41, 5.74) is 5.69. The number of Topliss-reactive ketones (excluding diaryl/α,β-unsaturated/α-hetero) is 1. The van der Waals surface area contributed by atoms with Crippen LogP contribution in [0.4, 0.5) is 0 Å². The van der Waals surface area contributed by atoms with Crippen LogP contribution in [0, 0.1) is 10.8 Å². The average Bonchev–Trinajstić information content (AvgIpc) is 3.46. The lowest BCUT2D eigenvalue weighted by molar-refractivity contribution is -0.114. The zero-order chi connectivity index (χ0) is 33.6. The van der Waals surface area contributed by atoms with Gasteiger partial charge in [-0.1, -0.05) is 129 Å². The molecule has 3 aliphatic rings. The van der Waals surface area contributed by atoms with Crippen molar-refractivity contribution in [2.45, 2.75) is 112 Å². The maximum atomic E-state index is 12.3. The number of methoxy groups -OCH3 is 1. The van der Waals surface area contributed by atoms with E-state index in [9.17, 15) is 9.90 Å². The number of carbonyl (C=O) groups excluding carboxylic acids is 1. The summed E-state index contributed by atoms with van der Waals surface area (Å²) in [5.74, 6) is 0.0850. The highest BCUT2D eigenvalue weighted by molar-refractivity contribution is 5.96. The number of ketones is 1. The zero-order valence-corrected chi connectivity index (χ0v) is 29.5. The van der Waals surface area contributed by atoms with Crippen molar-refractivity contribution in [1.82, 2.24) is 0 Å². The van der Waals surface area contributed by atoms with Crippen molar-refractivity contribution in [2.75, 3.05) is 7.11 Å². The number of ether oxygens (including phenoxy) is 2. The van der Waals surface area contributed by atoms with Crippen molar-refractivity contribution in [3.8, 4) is 0 Å². The Morgan fingerprint density at radius 1 is 0.756 bits per heavy atom. The van der Waals surface area contributed by atoms with E-state index in [2.05, 4.69) is 147 Å². The maximum absolute atomic E-state index is 12.3. The van der Waals surface area contributed by atoms with E-state index < -0.39 is 0 Å². The fraction of sp³-hybridized carbons (Fsp3) is 0.488. The number of aliphatic hydroxyl groups is 1. The molecule has 1 N–H and O–H groups in total. The second-order valence-corrected chi connectivity index (χ2v) is 14.6. The van der Waals surface area contributed by atoms with Crippen LogP contribution < -0.4 is 0 Å². The number of fused-ring (bicyclic) bond motifs is 1. The Balaban J connectivity index is 1.53. The molecule has 0 amide bonds. The van der Waals surface area contributed by atoms with Crippen molar-refractivity contribution in [1.29, 1.82) is 0 Å². The lowest BCUT2D eigenvalue weighted by Gasteiger charge is -2.39. The second kappa shape index (κ2) is 14.6. The van der Waals surface area contributed by atoms with Gasteiger partial charge in [0.2, 0.25) is 0 Å². The van der Waals surface area contributed by atoms with Gasteiger partial charge in [0, 0.05) is 24.5 Å². The number of aliphatic hydroxyl groups excluding tert-OH is 1. The lowest BCUT2D eigenvalue weighted by atomic mass is 9.63. The molecule has 45 heavy (non-hydrogen) atoms. The Morgan fingerprint density at radius 3 is 1.78 bits per heavy atom. The monoisotopic (exact) mass is 612 g/mol. The summed E-state index contributed by atoms with van der Waals surface area (Å²) >= 11 is 0. The van der Waals surface area contributed by atoms with Crippen LogP contribution in [0.1, 0.15) is 88.5 Å². The number of carbonyl (C=O) groups is 1. The van der Waals surface area contributed by atoms with E-state index in [1.54, 1.807) is 14.0 Å². The van der Waals surface area contributed by atoms with E-state index in [0.717, 1.165) is 46.3 Å². The molecule has 1 heterocycles. The van der Waals surface area contributed by atoms with Gasteiger partial charge in [-0.2, -0.15) is 0 Å². The average molecular weight is 613 g/mol. The summed E-state index contributed by atoms with van der Waals surface area (Å²) in [6.07, 6.45) is 31.2. The highest BCUT2D eigenvalue weighted by Crippen LogP contribution is 2.66. The first-order chi connectivity index (χ1) is 21.0. The fourth-order valence-electron chi connectivity index (χ4n) is 7.03. The summed E-state index contributed by atoms with van der Waals surface area (Å²) in [4.78, 5) is 12.3. The zero-order valence-electron chi connectivity index (χ0n) is 29.5. The number of epoxide rings is 1. The molecule has 4 nitrogen and oxygen atoms in total. The first kappa shape index (κ1) is 36.4. The molecule has 4 atom stereocenters. The number of hydrogen-bond acceptors (Lipinski definition) is 4. The minimum Gasteiger partial charge on any atom is -0.393 e. The van der Waals surface area contributed by atoms with Gasteiger partial charge in [0.15, 0.2) is 5.78 Å². The molecule has 1 saturated carbocycles. The smallest absolute Gasteiger partial charge is 0.158 e. The largest absolute Gasteiger partial charge is 0.393 e. The summed E-state index contributed by atoms with van der Waals surface area (Å²) in [6, 6.07) is 0. The predicted molar refractivity (Wildman–Crippen MR) is 189 cm³/mol. The molecule has 0 aromatic heterocycles. The summed E-state index contributed by atoms with van der Waals surface area (Å²) in [7, 11) is 1.68. The third-order valence-electron chi connectivity index (χ3n) is 9.57. The van der Waals surface area contributed by atoms with Gasteiger partial charge in [-0.05, 0) is 71.4 Å². The Morgan fingerprint density at radius 2 is 1.27 bits per heavy atom. The van der Waals surface area contributed by atoms with Gasteiger partial charge >= 0.3 is 0 Å². The van der Waals surface area contributed by atoms with Gasteiger partial charge in [-0.15, -0.1) is 0 Å². The number of rotatable bonds is 12. The number of hydrogen-bond donors (Lipinski definition) is 1. The van der Waals surface area contributed by atoms with Crippen molar-refractivity contribution < 1.29 is 19.4 Å². The fourth-order valence-corrected chi connectivity index (χ4v) is 7.03. The molecule has 1 saturated heterocycles. The van der Waals surface area contributed by atoms with E-state index in [4.69, 9.17) is 9.47 Å². The Kier molecular flexibility index (Phi) is 11.8. The van der Waals surface area contributed by atoms with E-state index in [1.807, 2.05) is 0 Å². The van der Waals surface area contributed by atoms with Gasteiger partial charge in [0.25, 0.3) is 0 Å². The first-order valence-electron chi connectivity index (χ1n) is 16.2. The molecule has 0 radical (unpaired) electrons. The van der Waals surface area contributed by atoms with E-state index in [0.29, 0.717) is 6.42 Å². The van der Waals surface area contributed by atoms with Crippen LogP contribution in [-0.4, -0.2) is 41.4 Å². The third-order valence-corrected chi connectivity index (χ3v) is 9.57. The third kappa shape index (κ3) is 8.82. The van der Waals surface area contributed by atoms with E-state index >= 15 is 0 Å². The van der Waals surface area contributed by atoms with Gasteiger partial charge in [-0.25, -0.2) is 0 Å². The summed E-state index contributed by atoms with van der Waals surface area (Å²) < 4.78 is 11.8.